The molecule has 1 aliphatic rings. The molecule has 1 aliphatic heterocycles. The third-order valence-corrected chi connectivity index (χ3v) is 4.05. The number of aryl methyl sites for hydroxylation is 1. The van der Waals surface area contributed by atoms with E-state index in [0.29, 0.717) is 6.04 Å². The topological polar surface area (TPSA) is 46.0 Å². The van der Waals surface area contributed by atoms with Crippen LogP contribution >= 0.6 is 0 Å². The lowest BCUT2D eigenvalue weighted by Gasteiger charge is -2.33. The molecule has 0 bridgehead atoms. The molecule has 5 heteroatoms. The van der Waals surface area contributed by atoms with E-state index < -0.39 is 0 Å². The van der Waals surface area contributed by atoms with Crippen LogP contribution < -0.4 is 10.2 Å². The first-order valence-electron chi connectivity index (χ1n) is 7.69. The zero-order chi connectivity index (χ0) is 14.5. The second-order valence-corrected chi connectivity index (χ2v) is 5.63. The fraction of sp³-hybridized carbons (Fsp3) is 0.500. The van der Waals surface area contributed by atoms with Crippen molar-refractivity contribution in [2.24, 2.45) is 7.05 Å². The highest BCUT2D eigenvalue weighted by Crippen LogP contribution is 2.17. The summed E-state index contributed by atoms with van der Waals surface area (Å²) in [6.07, 6.45) is 7.23. The molecule has 0 amide bonds. The van der Waals surface area contributed by atoms with Crippen molar-refractivity contribution in [3.05, 3.63) is 42.4 Å². The number of hydrogen-bond acceptors (Lipinski definition) is 4. The molecule has 5 nitrogen and oxygen atoms in total. The largest absolute Gasteiger partial charge is 0.357 e. The lowest BCUT2D eigenvalue weighted by molar-refractivity contribution is 0.415. The first kappa shape index (κ1) is 14.1. The van der Waals surface area contributed by atoms with E-state index in [-0.39, 0.29) is 0 Å². The Balaban J connectivity index is 1.40. The van der Waals surface area contributed by atoms with E-state index in [4.69, 9.17) is 0 Å². The Hall–Kier alpha value is -1.88. The van der Waals surface area contributed by atoms with Crippen LogP contribution in [0.15, 0.2) is 36.7 Å². The van der Waals surface area contributed by atoms with Gasteiger partial charge in [-0.3, -0.25) is 4.68 Å². The monoisotopic (exact) mass is 285 g/mol. The van der Waals surface area contributed by atoms with Crippen molar-refractivity contribution in [1.29, 1.82) is 0 Å². The van der Waals surface area contributed by atoms with Gasteiger partial charge in [-0.1, -0.05) is 6.07 Å². The molecule has 21 heavy (non-hydrogen) atoms. The van der Waals surface area contributed by atoms with E-state index >= 15 is 0 Å². The van der Waals surface area contributed by atoms with Crippen molar-refractivity contribution in [1.82, 2.24) is 20.1 Å². The number of nitrogens with one attached hydrogen (secondary N) is 1. The average Bonchev–Trinajstić information content (AvgIpc) is 2.94. The van der Waals surface area contributed by atoms with Crippen LogP contribution in [0.4, 0.5) is 5.82 Å². The second-order valence-electron chi connectivity index (χ2n) is 5.63. The molecule has 1 saturated heterocycles. The minimum Gasteiger partial charge on any atom is -0.357 e. The molecule has 0 aliphatic carbocycles. The van der Waals surface area contributed by atoms with Crippen molar-refractivity contribution in [3.8, 4) is 0 Å². The SMILES string of the molecule is Cn1ccc(CCNC2CCN(c3ccccn3)CC2)n1. The fourth-order valence-corrected chi connectivity index (χ4v) is 2.85. The van der Waals surface area contributed by atoms with Gasteiger partial charge < -0.3 is 10.2 Å². The van der Waals surface area contributed by atoms with Crippen molar-refractivity contribution in [2.45, 2.75) is 25.3 Å². The Morgan fingerprint density at radius 3 is 2.76 bits per heavy atom. The zero-order valence-electron chi connectivity index (χ0n) is 12.6. The van der Waals surface area contributed by atoms with Gasteiger partial charge in [-0.05, 0) is 31.0 Å². The predicted octanol–water partition coefficient (Wildman–Crippen LogP) is 1.62. The van der Waals surface area contributed by atoms with Gasteiger partial charge in [0.1, 0.15) is 5.82 Å². The zero-order valence-corrected chi connectivity index (χ0v) is 12.6. The van der Waals surface area contributed by atoms with Crippen LogP contribution in [0.5, 0.6) is 0 Å². The summed E-state index contributed by atoms with van der Waals surface area (Å²) < 4.78 is 1.86. The molecular weight excluding hydrogens is 262 g/mol. The predicted molar refractivity (Wildman–Crippen MR) is 84.4 cm³/mol. The van der Waals surface area contributed by atoms with Gasteiger partial charge in [0.15, 0.2) is 0 Å². The summed E-state index contributed by atoms with van der Waals surface area (Å²) in [5.74, 6) is 1.10. The van der Waals surface area contributed by atoms with Crippen LogP contribution in [-0.2, 0) is 13.5 Å². The molecule has 0 spiro atoms. The quantitative estimate of drug-likeness (QED) is 0.907. The maximum atomic E-state index is 4.43. The molecule has 2 aromatic rings. The molecule has 1 N–H and O–H groups in total. The maximum absolute atomic E-state index is 4.43. The smallest absolute Gasteiger partial charge is 0.128 e. The lowest BCUT2D eigenvalue weighted by atomic mass is 10.0. The number of rotatable bonds is 5. The normalized spacial score (nSPS) is 16.3. The third-order valence-electron chi connectivity index (χ3n) is 4.05. The summed E-state index contributed by atoms with van der Waals surface area (Å²) in [4.78, 5) is 6.80. The first-order chi connectivity index (χ1) is 10.3. The summed E-state index contributed by atoms with van der Waals surface area (Å²) in [7, 11) is 1.96. The van der Waals surface area contributed by atoms with Gasteiger partial charge in [0, 0.05) is 51.5 Å². The number of aromatic nitrogens is 3. The molecule has 3 rings (SSSR count). The first-order valence-corrected chi connectivity index (χ1v) is 7.69. The van der Waals surface area contributed by atoms with E-state index in [1.165, 1.54) is 12.8 Å². The minimum atomic E-state index is 0.619. The maximum Gasteiger partial charge on any atom is 0.128 e. The molecule has 3 heterocycles. The van der Waals surface area contributed by atoms with Crippen molar-refractivity contribution < 1.29 is 0 Å². The Bertz CT molecular complexity index is 543. The van der Waals surface area contributed by atoms with Crippen LogP contribution in [0.25, 0.3) is 0 Å². The fourth-order valence-electron chi connectivity index (χ4n) is 2.85. The molecule has 112 valence electrons. The molecule has 0 radical (unpaired) electrons. The lowest BCUT2D eigenvalue weighted by Crippen LogP contribution is -2.43. The van der Waals surface area contributed by atoms with Crippen molar-refractivity contribution in [3.63, 3.8) is 0 Å². The Morgan fingerprint density at radius 1 is 1.24 bits per heavy atom. The van der Waals surface area contributed by atoms with Gasteiger partial charge in [0.05, 0.1) is 5.69 Å². The van der Waals surface area contributed by atoms with Crippen LogP contribution in [0.2, 0.25) is 0 Å². The van der Waals surface area contributed by atoms with Crippen molar-refractivity contribution in [2.75, 3.05) is 24.5 Å². The van der Waals surface area contributed by atoms with Gasteiger partial charge in [-0.15, -0.1) is 0 Å². The summed E-state index contributed by atoms with van der Waals surface area (Å²) in [6.45, 7) is 3.17. The Morgan fingerprint density at radius 2 is 2.10 bits per heavy atom. The molecule has 2 aromatic heterocycles. The molecule has 1 fully saturated rings. The number of hydrogen-bond donors (Lipinski definition) is 1. The second kappa shape index (κ2) is 6.72. The van der Waals surface area contributed by atoms with Gasteiger partial charge >= 0.3 is 0 Å². The van der Waals surface area contributed by atoms with Crippen LogP contribution in [0.3, 0.4) is 0 Å². The summed E-state index contributed by atoms with van der Waals surface area (Å²) in [5, 5.41) is 8.06. The summed E-state index contributed by atoms with van der Waals surface area (Å²) in [6, 6.07) is 8.82. The van der Waals surface area contributed by atoms with Crippen LogP contribution in [-0.4, -0.2) is 40.4 Å². The standard InChI is InChI=1S/C16H23N5/c1-20-11-6-15(19-20)5-10-17-14-7-12-21(13-8-14)16-4-2-3-9-18-16/h2-4,6,9,11,14,17H,5,7-8,10,12-13H2,1H3. The highest BCUT2D eigenvalue weighted by atomic mass is 15.2. The van der Waals surface area contributed by atoms with Gasteiger partial charge in [0.25, 0.3) is 0 Å². The Labute approximate surface area is 126 Å². The number of piperidine rings is 1. The summed E-state index contributed by atoms with van der Waals surface area (Å²) >= 11 is 0. The van der Waals surface area contributed by atoms with Gasteiger partial charge in [-0.25, -0.2) is 4.98 Å². The Kier molecular flexibility index (Phi) is 4.50. The highest BCUT2D eigenvalue weighted by molar-refractivity contribution is 5.38. The number of nitrogens with zero attached hydrogens (tertiary/aromatic N) is 4. The number of anilines is 1. The van der Waals surface area contributed by atoms with Gasteiger partial charge in [-0.2, -0.15) is 5.10 Å². The van der Waals surface area contributed by atoms with E-state index in [2.05, 4.69) is 38.5 Å². The molecule has 0 aromatic carbocycles. The molecule has 0 atom stereocenters. The molecule has 0 unspecified atom stereocenters. The van der Waals surface area contributed by atoms with Crippen LogP contribution in [0.1, 0.15) is 18.5 Å². The van der Waals surface area contributed by atoms with Crippen molar-refractivity contribution >= 4 is 5.82 Å². The van der Waals surface area contributed by atoms with Crippen LogP contribution in [0, 0.1) is 0 Å². The third kappa shape index (κ3) is 3.82. The van der Waals surface area contributed by atoms with E-state index in [0.717, 1.165) is 37.6 Å². The highest BCUT2D eigenvalue weighted by Gasteiger charge is 2.19. The minimum absolute atomic E-state index is 0.619. The van der Waals surface area contributed by atoms with Gasteiger partial charge in [0.2, 0.25) is 0 Å². The average molecular weight is 285 g/mol. The number of pyridine rings is 1. The van der Waals surface area contributed by atoms with E-state index in [1.54, 1.807) is 0 Å². The van der Waals surface area contributed by atoms with E-state index in [1.807, 2.05) is 30.2 Å². The molecular formula is C16H23N5. The van der Waals surface area contributed by atoms with E-state index in [9.17, 15) is 0 Å². The molecule has 0 saturated carbocycles. The summed E-state index contributed by atoms with van der Waals surface area (Å²) in [5.41, 5.74) is 1.16.